The number of nitrogens with one attached hydrogen (secondary N) is 1. The maximum Gasteiger partial charge on any atom is 0.433 e. The summed E-state index contributed by atoms with van der Waals surface area (Å²) in [5.74, 6) is 0. The largest absolute Gasteiger partial charge is 0.433 e. The number of alkyl halides is 3. The van der Waals surface area contributed by atoms with Crippen molar-refractivity contribution < 1.29 is 13.2 Å². The Bertz CT molecular complexity index is 608. The Kier molecular flexibility index (Phi) is 4.90. The zero-order valence-electron chi connectivity index (χ0n) is 11.4. The molecule has 0 aliphatic heterocycles. The molecule has 1 N–H and O–H groups in total. The Morgan fingerprint density at radius 2 is 2.10 bits per heavy atom. The van der Waals surface area contributed by atoms with E-state index in [1.54, 1.807) is 12.1 Å². The van der Waals surface area contributed by atoms with E-state index >= 15 is 0 Å². The quantitative estimate of drug-likeness (QED) is 0.843. The standard InChI is InChI=1S/C14H15ClF3N3/c1-2-6-19-8-10-9-20-21(13(10)14(16,17)18)12-5-3-4-11(15)7-12/h3-5,7,9,19H,2,6,8H2,1H3. The van der Waals surface area contributed by atoms with Crippen LogP contribution in [0.15, 0.2) is 30.5 Å². The molecule has 7 heteroatoms. The van der Waals surface area contributed by atoms with Crippen molar-refractivity contribution in [3.8, 4) is 5.69 Å². The third-order valence-corrected chi connectivity index (χ3v) is 3.14. The van der Waals surface area contributed by atoms with Gasteiger partial charge in [0.25, 0.3) is 0 Å². The molecule has 0 atom stereocenters. The van der Waals surface area contributed by atoms with E-state index in [1.165, 1.54) is 18.3 Å². The number of hydrogen-bond acceptors (Lipinski definition) is 2. The number of nitrogens with zero attached hydrogens (tertiary/aromatic N) is 2. The van der Waals surface area contributed by atoms with Crippen LogP contribution in [0.3, 0.4) is 0 Å². The maximum absolute atomic E-state index is 13.3. The molecule has 1 aromatic carbocycles. The second-order valence-corrected chi connectivity index (χ2v) is 5.02. The normalized spacial score (nSPS) is 11.9. The van der Waals surface area contributed by atoms with E-state index in [2.05, 4.69) is 10.4 Å². The number of halogens is 4. The number of benzene rings is 1. The topological polar surface area (TPSA) is 29.9 Å². The Morgan fingerprint density at radius 1 is 1.33 bits per heavy atom. The summed E-state index contributed by atoms with van der Waals surface area (Å²) in [6.45, 7) is 2.73. The first-order valence-electron chi connectivity index (χ1n) is 6.54. The first kappa shape index (κ1) is 15.9. The van der Waals surface area contributed by atoms with E-state index in [1.807, 2.05) is 6.92 Å². The zero-order chi connectivity index (χ0) is 15.5. The monoisotopic (exact) mass is 317 g/mol. The second kappa shape index (κ2) is 6.49. The van der Waals surface area contributed by atoms with Crippen molar-refractivity contribution in [2.75, 3.05) is 6.54 Å². The van der Waals surface area contributed by atoms with Gasteiger partial charge in [-0.3, -0.25) is 0 Å². The highest BCUT2D eigenvalue weighted by Gasteiger charge is 2.38. The fraction of sp³-hybridized carbons (Fsp3) is 0.357. The minimum atomic E-state index is -4.48. The lowest BCUT2D eigenvalue weighted by molar-refractivity contribution is -0.143. The average Bonchev–Trinajstić information content (AvgIpc) is 2.83. The summed E-state index contributed by atoms with van der Waals surface area (Å²) in [5, 5.41) is 7.19. The van der Waals surface area contributed by atoms with Crippen LogP contribution in [0, 0.1) is 0 Å². The van der Waals surface area contributed by atoms with Gasteiger partial charge in [-0.05, 0) is 31.2 Å². The lowest BCUT2D eigenvalue weighted by atomic mass is 10.2. The molecule has 0 unspecified atom stereocenters. The molecule has 114 valence electrons. The molecule has 0 aliphatic rings. The SMILES string of the molecule is CCCNCc1cnn(-c2cccc(Cl)c2)c1C(F)(F)F. The molecule has 0 saturated heterocycles. The first-order chi connectivity index (χ1) is 9.93. The fourth-order valence-corrected chi connectivity index (χ4v) is 2.20. The van der Waals surface area contributed by atoms with Gasteiger partial charge in [0.1, 0.15) is 0 Å². The highest BCUT2D eigenvalue weighted by Crippen LogP contribution is 2.33. The molecule has 1 heterocycles. The van der Waals surface area contributed by atoms with Crippen LogP contribution >= 0.6 is 11.6 Å². The third-order valence-electron chi connectivity index (χ3n) is 2.91. The van der Waals surface area contributed by atoms with Crippen molar-refractivity contribution in [1.82, 2.24) is 15.1 Å². The van der Waals surface area contributed by atoms with Gasteiger partial charge >= 0.3 is 6.18 Å². The molecule has 1 aromatic heterocycles. The van der Waals surface area contributed by atoms with Gasteiger partial charge in [0.05, 0.1) is 11.9 Å². The van der Waals surface area contributed by atoms with Gasteiger partial charge in [0, 0.05) is 17.1 Å². The van der Waals surface area contributed by atoms with Crippen LogP contribution in [-0.2, 0) is 12.7 Å². The van der Waals surface area contributed by atoms with Gasteiger partial charge in [-0.25, -0.2) is 4.68 Å². The molecule has 2 rings (SSSR count). The summed E-state index contributed by atoms with van der Waals surface area (Å²) < 4.78 is 40.8. The van der Waals surface area contributed by atoms with Crippen LogP contribution in [0.25, 0.3) is 5.69 Å². The first-order valence-corrected chi connectivity index (χ1v) is 6.92. The van der Waals surface area contributed by atoms with Gasteiger partial charge in [0.15, 0.2) is 5.69 Å². The highest BCUT2D eigenvalue weighted by molar-refractivity contribution is 6.30. The Hall–Kier alpha value is -1.53. The van der Waals surface area contributed by atoms with Crippen molar-refractivity contribution in [3.05, 3.63) is 46.7 Å². The van der Waals surface area contributed by atoms with Crippen molar-refractivity contribution in [1.29, 1.82) is 0 Å². The van der Waals surface area contributed by atoms with Crippen LogP contribution in [0.5, 0.6) is 0 Å². The fourth-order valence-electron chi connectivity index (χ4n) is 2.02. The lowest BCUT2D eigenvalue weighted by Gasteiger charge is -2.13. The Labute approximate surface area is 125 Å². The summed E-state index contributed by atoms with van der Waals surface area (Å²) in [7, 11) is 0. The predicted octanol–water partition coefficient (Wildman–Crippen LogP) is 4.04. The minimum Gasteiger partial charge on any atom is -0.313 e. The lowest BCUT2D eigenvalue weighted by Crippen LogP contribution is -2.20. The van der Waals surface area contributed by atoms with Crippen LogP contribution < -0.4 is 5.32 Å². The zero-order valence-corrected chi connectivity index (χ0v) is 12.2. The van der Waals surface area contributed by atoms with Crippen molar-refractivity contribution >= 4 is 11.6 Å². The molecule has 0 amide bonds. The van der Waals surface area contributed by atoms with Crippen LogP contribution in [0.1, 0.15) is 24.6 Å². The van der Waals surface area contributed by atoms with Crippen molar-refractivity contribution in [2.45, 2.75) is 26.1 Å². The molecule has 0 bridgehead atoms. The van der Waals surface area contributed by atoms with E-state index < -0.39 is 11.9 Å². The highest BCUT2D eigenvalue weighted by atomic mass is 35.5. The summed E-state index contributed by atoms with van der Waals surface area (Å²) in [6.07, 6.45) is -2.39. The Morgan fingerprint density at radius 3 is 2.71 bits per heavy atom. The molecular formula is C14H15ClF3N3. The molecule has 0 aliphatic carbocycles. The minimum absolute atomic E-state index is 0.121. The molecule has 21 heavy (non-hydrogen) atoms. The summed E-state index contributed by atoms with van der Waals surface area (Å²) in [6, 6.07) is 6.18. The van der Waals surface area contributed by atoms with Gasteiger partial charge in [-0.15, -0.1) is 0 Å². The molecule has 3 nitrogen and oxygen atoms in total. The number of hydrogen-bond donors (Lipinski definition) is 1. The maximum atomic E-state index is 13.3. The van der Waals surface area contributed by atoms with Gasteiger partial charge in [-0.1, -0.05) is 24.6 Å². The summed E-state index contributed by atoms with van der Waals surface area (Å²) in [4.78, 5) is 0. The average molecular weight is 318 g/mol. The van der Waals surface area contributed by atoms with Crippen LogP contribution in [0.4, 0.5) is 13.2 Å². The second-order valence-electron chi connectivity index (χ2n) is 4.58. The predicted molar refractivity (Wildman–Crippen MR) is 75.6 cm³/mol. The van der Waals surface area contributed by atoms with E-state index in [-0.39, 0.29) is 17.8 Å². The Balaban J connectivity index is 2.42. The van der Waals surface area contributed by atoms with Gasteiger partial charge in [0.2, 0.25) is 0 Å². The number of aromatic nitrogens is 2. The molecule has 0 radical (unpaired) electrons. The molecule has 2 aromatic rings. The summed E-state index contributed by atoms with van der Waals surface area (Å²) >= 11 is 5.84. The van der Waals surface area contributed by atoms with Gasteiger partial charge in [-0.2, -0.15) is 18.3 Å². The molecule has 0 saturated carbocycles. The molecule has 0 fully saturated rings. The smallest absolute Gasteiger partial charge is 0.313 e. The van der Waals surface area contributed by atoms with Crippen LogP contribution in [-0.4, -0.2) is 16.3 Å². The van der Waals surface area contributed by atoms with Crippen molar-refractivity contribution in [2.24, 2.45) is 0 Å². The van der Waals surface area contributed by atoms with Gasteiger partial charge < -0.3 is 5.32 Å². The summed E-state index contributed by atoms with van der Waals surface area (Å²) in [5.41, 5.74) is -0.360. The van der Waals surface area contributed by atoms with Crippen LogP contribution in [0.2, 0.25) is 5.02 Å². The van der Waals surface area contributed by atoms with Crippen molar-refractivity contribution in [3.63, 3.8) is 0 Å². The van der Waals surface area contributed by atoms with E-state index in [4.69, 9.17) is 11.6 Å². The number of rotatable bonds is 5. The van der Waals surface area contributed by atoms with E-state index in [0.29, 0.717) is 11.6 Å². The van der Waals surface area contributed by atoms with E-state index in [9.17, 15) is 13.2 Å². The molecule has 0 spiro atoms. The van der Waals surface area contributed by atoms with E-state index in [0.717, 1.165) is 11.1 Å². The third kappa shape index (κ3) is 3.77. The molecular weight excluding hydrogens is 303 g/mol.